The molecule has 6 heteroatoms. The molecular weight excluding hydrogens is 348 g/mol. The third-order valence-corrected chi connectivity index (χ3v) is 4.01. The van der Waals surface area contributed by atoms with Crippen LogP contribution < -0.4 is 19.7 Å². The topological polar surface area (TPSA) is 50.8 Å². The molecule has 2 aromatic carbocycles. The minimum Gasteiger partial charge on any atom is -0.497 e. The Morgan fingerprint density at radius 1 is 1.15 bits per heavy atom. The van der Waals surface area contributed by atoms with Gasteiger partial charge >= 0.3 is 0 Å². The van der Waals surface area contributed by atoms with E-state index in [2.05, 4.69) is 11.2 Å². The molecule has 0 unspecified atom stereocenters. The molecule has 0 aliphatic carbocycles. The second kappa shape index (κ2) is 7.72. The van der Waals surface area contributed by atoms with E-state index in [-0.39, 0.29) is 12.5 Å². The predicted molar refractivity (Wildman–Crippen MR) is 105 cm³/mol. The van der Waals surface area contributed by atoms with Gasteiger partial charge < -0.3 is 14.8 Å². The minimum absolute atomic E-state index is 0.214. The molecule has 0 spiro atoms. The molecule has 0 radical (unpaired) electrons. The first-order valence-electron chi connectivity index (χ1n) is 7.80. The fourth-order valence-electron chi connectivity index (χ4n) is 2.45. The maximum Gasteiger partial charge on any atom is 0.281 e. The zero-order valence-corrected chi connectivity index (χ0v) is 14.9. The van der Waals surface area contributed by atoms with Crippen molar-refractivity contribution in [2.24, 2.45) is 0 Å². The zero-order chi connectivity index (χ0) is 18.5. The van der Waals surface area contributed by atoms with Crippen LogP contribution in [0.15, 0.2) is 54.2 Å². The second-order valence-corrected chi connectivity index (χ2v) is 5.78. The number of amides is 1. The van der Waals surface area contributed by atoms with Gasteiger partial charge in [0.2, 0.25) is 0 Å². The largest absolute Gasteiger partial charge is 0.497 e. The monoisotopic (exact) mass is 364 g/mol. The normalized spacial score (nSPS) is 14.9. The summed E-state index contributed by atoms with van der Waals surface area (Å²) in [5.74, 6) is 3.58. The number of rotatable bonds is 5. The Bertz CT molecular complexity index is 896. The van der Waals surface area contributed by atoms with E-state index in [4.69, 9.17) is 28.1 Å². The molecule has 1 aliphatic heterocycles. The van der Waals surface area contributed by atoms with Gasteiger partial charge in [0.15, 0.2) is 5.11 Å². The highest BCUT2D eigenvalue weighted by Crippen LogP contribution is 2.25. The number of anilines is 1. The second-order valence-electron chi connectivity index (χ2n) is 5.39. The molecule has 26 heavy (non-hydrogen) atoms. The lowest BCUT2D eigenvalue weighted by molar-refractivity contribution is -0.113. The van der Waals surface area contributed by atoms with Gasteiger partial charge in [0.05, 0.1) is 12.8 Å². The van der Waals surface area contributed by atoms with Gasteiger partial charge in [-0.2, -0.15) is 0 Å². The molecule has 130 valence electrons. The van der Waals surface area contributed by atoms with Crippen molar-refractivity contribution in [3.05, 3.63) is 59.8 Å². The first kappa shape index (κ1) is 17.5. The standard InChI is InChI=1S/C20H16N2O3S/c1-3-12-25-17-8-4-14(5-9-17)13-18-19(23)22(20(26)21-18)15-6-10-16(24-2)11-7-15/h1,4-11,13H,12H2,2H3,(H,21,26). The highest BCUT2D eigenvalue weighted by Gasteiger charge is 2.31. The fraction of sp³-hybridized carbons (Fsp3) is 0.100. The third-order valence-electron chi connectivity index (χ3n) is 3.72. The molecule has 0 saturated carbocycles. The van der Waals surface area contributed by atoms with Crippen LogP contribution in [0.25, 0.3) is 6.08 Å². The van der Waals surface area contributed by atoms with Gasteiger partial charge in [-0.3, -0.25) is 9.69 Å². The number of benzene rings is 2. The summed E-state index contributed by atoms with van der Waals surface area (Å²) in [6.45, 7) is 0.214. The fourth-order valence-corrected chi connectivity index (χ4v) is 2.75. The summed E-state index contributed by atoms with van der Waals surface area (Å²) in [5.41, 5.74) is 1.92. The number of methoxy groups -OCH3 is 1. The lowest BCUT2D eigenvalue weighted by atomic mass is 10.2. The molecule has 1 saturated heterocycles. The van der Waals surface area contributed by atoms with Crippen LogP contribution in [-0.2, 0) is 4.79 Å². The average molecular weight is 364 g/mol. The summed E-state index contributed by atoms with van der Waals surface area (Å²) in [6, 6.07) is 14.4. The number of carbonyl (C=O) groups excluding carboxylic acids is 1. The van der Waals surface area contributed by atoms with E-state index in [1.165, 1.54) is 4.90 Å². The molecule has 3 rings (SSSR count). The Morgan fingerprint density at radius 3 is 2.42 bits per heavy atom. The SMILES string of the molecule is C#CCOc1ccc(C=C2NC(=S)N(c3ccc(OC)cc3)C2=O)cc1. The molecule has 1 heterocycles. The van der Waals surface area contributed by atoms with Crippen LogP contribution in [0.1, 0.15) is 5.56 Å². The number of ether oxygens (including phenoxy) is 2. The lowest BCUT2D eigenvalue weighted by Gasteiger charge is -2.14. The maximum absolute atomic E-state index is 12.7. The van der Waals surface area contributed by atoms with Crippen LogP contribution in [0.5, 0.6) is 11.5 Å². The Morgan fingerprint density at radius 2 is 1.81 bits per heavy atom. The van der Waals surface area contributed by atoms with E-state index in [0.29, 0.717) is 28.0 Å². The van der Waals surface area contributed by atoms with E-state index < -0.39 is 0 Å². The molecule has 1 amide bonds. The molecule has 1 aliphatic rings. The molecule has 0 aromatic heterocycles. The van der Waals surface area contributed by atoms with Gasteiger partial charge in [-0.05, 0) is 60.3 Å². The number of hydrogen-bond acceptors (Lipinski definition) is 4. The number of nitrogens with zero attached hydrogens (tertiary/aromatic N) is 1. The van der Waals surface area contributed by atoms with Gasteiger partial charge in [0.25, 0.3) is 5.91 Å². The number of carbonyl (C=O) groups is 1. The van der Waals surface area contributed by atoms with E-state index >= 15 is 0 Å². The summed E-state index contributed by atoms with van der Waals surface area (Å²) in [4.78, 5) is 14.2. The molecule has 5 nitrogen and oxygen atoms in total. The number of nitrogens with one attached hydrogen (secondary N) is 1. The van der Waals surface area contributed by atoms with Crippen molar-refractivity contribution in [2.75, 3.05) is 18.6 Å². The lowest BCUT2D eigenvalue weighted by Crippen LogP contribution is -2.30. The van der Waals surface area contributed by atoms with Crippen LogP contribution in [0, 0.1) is 12.3 Å². The summed E-state index contributed by atoms with van der Waals surface area (Å²) in [7, 11) is 1.59. The predicted octanol–water partition coefficient (Wildman–Crippen LogP) is 2.97. The Hall–Kier alpha value is -3.30. The van der Waals surface area contributed by atoms with E-state index in [9.17, 15) is 4.79 Å². The van der Waals surface area contributed by atoms with Crippen LogP contribution in [-0.4, -0.2) is 24.7 Å². The van der Waals surface area contributed by atoms with Crippen molar-refractivity contribution < 1.29 is 14.3 Å². The molecule has 1 N–H and O–H groups in total. The average Bonchev–Trinajstić information content (AvgIpc) is 2.94. The van der Waals surface area contributed by atoms with E-state index in [1.807, 2.05) is 12.1 Å². The number of terminal acetylenes is 1. The summed E-state index contributed by atoms with van der Waals surface area (Å²) in [5, 5.41) is 3.29. The highest BCUT2D eigenvalue weighted by molar-refractivity contribution is 7.80. The quantitative estimate of drug-likeness (QED) is 0.502. The Labute approximate surface area is 157 Å². The molecule has 1 fully saturated rings. The summed E-state index contributed by atoms with van der Waals surface area (Å²) >= 11 is 5.31. The van der Waals surface area contributed by atoms with Gasteiger partial charge in [0.1, 0.15) is 23.8 Å². The molecular formula is C20H16N2O3S. The Balaban J connectivity index is 1.79. The molecule has 0 atom stereocenters. The van der Waals surface area contributed by atoms with Crippen molar-refractivity contribution in [2.45, 2.75) is 0 Å². The highest BCUT2D eigenvalue weighted by atomic mass is 32.1. The van der Waals surface area contributed by atoms with E-state index in [0.717, 1.165) is 5.56 Å². The smallest absolute Gasteiger partial charge is 0.281 e. The van der Waals surface area contributed by atoms with Crippen molar-refractivity contribution in [1.29, 1.82) is 0 Å². The maximum atomic E-state index is 12.7. The first-order chi connectivity index (χ1) is 12.6. The minimum atomic E-state index is -0.215. The first-order valence-corrected chi connectivity index (χ1v) is 8.20. The van der Waals surface area contributed by atoms with Gasteiger partial charge in [0, 0.05) is 0 Å². The van der Waals surface area contributed by atoms with Crippen LogP contribution in [0.3, 0.4) is 0 Å². The van der Waals surface area contributed by atoms with Crippen LogP contribution >= 0.6 is 12.2 Å². The Kier molecular flexibility index (Phi) is 5.20. The summed E-state index contributed by atoms with van der Waals surface area (Å²) < 4.78 is 10.5. The van der Waals surface area contributed by atoms with Crippen molar-refractivity contribution >= 4 is 35.0 Å². The zero-order valence-electron chi connectivity index (χ0n) is 14.1. The summed E-state index contributed by atoms with van der Waals surface area (Å²) in [6.07, 6.45) is 6.91. The van der Waals surface area contributed by atoms with Gasteiger partial charge in [-0.1, -0.05) is 18.1 Å². The van der Waals surface area contributed by atoms with Crippen molar-refractivity contribution in [3.8, 4) is 23.8 Å². The van der Waals surface area contributed by atoms with Crippen molar-refractivity contribution in [3.63, 3.8) is 0 Å². The molecule has 0 bridgehead atoms. The number of hydrogen-bond donors (Lipinski definition) is 1. The van der Waals surface area contributed by atoms with Gasteiger partial charge in [-0.15, -0.1) is 6.42 Å². The van der Waals surface area contributed by atoms with Crippen LogP contribution in [0.2, 0.25) is 0 Å². The van der Waals surface area contributed by atoms with Crippen molar-refractivity contribution in [1.82, 2.24) is 5.32 Å². The third kappa shape index (κ3) is 3.68. The molecule has 2 aromatic rings. The number of thiocarbonyl (C=S) groups is 1. The van der Waals surface area contributed by atoms with Gasteiger partial charge in [-0.25, -0.2) is 0 Å². The van der Waals surface area contributed by atoms with E-state index in [1.54, 1.807) is 49.6 Å². The van der Waals surface area contributed by atoms with Crippen LogP contribution in [0.4, 0.5) is 5.69 Å².